The maximum absolute atomic E-state index is 11.8. The monoisotopic (exact) mass is 233 g/mol. The van der Waals surface area contributed by atoms with Gasteiger partial charge in [-0.2, -0.15) is 0 Å². The van der Waals surface area contributed by atoms with E-state index in [9.17, 15) is 4.79 Å². The smallest absolute Gasteiger partial charge is 0.230 e. The molecule has 1 aliphatic heterocycles. The molecule has 1 aromatic rings. The average Bonchev–Trinajstić information content (AvgIpc) is 2.39. The second-order valence-corrected chi connectivity index (χ2v) is 5.48. The van der Waals surface area contributed by atoms with Crippen LogP contribution in [0.1, 0.15) is 32.8 Å². The fourth-order valence-corrected chi connectivity index (χ4v) is 1.92. The second-order valence-electron chi connectivity index (χ2n) is 5.48. The standard InChI is InChI=1S/C14H19NO2/c1-14(2,3)10-5-6-12-11(9-10)15(4)13(16)7-8-17-12/h5-6,9H,7-8H2,1-4H3. The highest BCUT2D eigenvalue weighted by atomic mass is 16.5. The number of amides is 1. The maximum Gasteiger partial charge on any atom is 0.230 e. The van der Waals surface area contributed by atoms with Gasteiger partial charge in [-0.15, -0.1) is 0 Å². The Morgan fingerprint density at radius 3 is 2.65 bits per heavy atom. The molecule has 0 spiro atoms. The van der Waals surface area contributed by atoms with Gasteiger partial charge in [0.25, 0.3) is 0 Å². The molecule has 0 saturated heterocycles. The first-order chi connectivity index (χ1) is 7.89. The molecule has 1 amide bonds. The summed E-state index contributed by atoms with van der Waals surface area (Å²) in [6, 6.07) is 6.09. The Balaban J connectivity index is 2.49. The molecule has 3 nitrogen and oxygen atoms in total. The normalized spacial score (nSPS) is 16.2. The summed E-state index contributed by atoms with van der Waals surface area (Å²) in [5.41, 5.74) is 2.16. The van der Waals surface area contributed by atoms with Crippen LogP contribution in [0.4, 0.5) is 5.69 Å². The lowest BCUT2D eigenvalue weighted by Gasteiger charge is -2.23. The van der Waals surface area contributed by atoms with Gasteiger partial charge in [0.1, 0.15) is 5.75 Å². The van der Waals surface area contributed by atoms with E-state index in [4.69, 9.17) is 4.74 Å². The third-order valence-corrected chi connectivity index (χ3v) is 3.13. The minimum Gasteiger partial charge on any atom is -0.491 e. The molecule has 92 valence electrons. The van der Waals surface area contributed by atoms with Crippen molar-refractivity contribution in [1.29, 1.82) is 0 Å². The van der Waals surface area contributed by atoms with E-state index in [1.165, 1.54) is 5.56 Å². The number of carbonyl (C=O) groups excluding carboxylic acids is 1. The van der Waals surface area contributed by atoms with Crippen LogP contribution in [-0.4, -0.2) is 19.6 Å². The Morgan fingerprint density at radius 2 is 2.00 bits per heavy atom. The number of hydrogen-bond acceptors (Lipinski definition) is 2. The lowest BCUT2D eigenvalue weighted by Crippen LogP contribution is -2.25. The Morgan fingerprint density at radius 1 is 1.29 bits per heavy atom. The van der Waals surface area contributed by atoms with Crippen LogP contribution in [0.2, 0.25) is 0 Å². The van der Waals surface area contributed by atoms with Crippen molar-refractivity contribution in [2.75, 3.05) is 18.6 Å². The van der Waals surface area contributed by atoms with Crippen LogP contribution >= 0.6 is 0 Å². The molecule has 1 aliphatic rings. The van der Waals surface area contributed by atoms with Gasteiger partial charge in [-0.05, 0) is 23.1 Å². The van der Waals surface area contributed by atoms with Crippen LogP contribution in [0.25, 0.3) is 0 Å². The van der Waals surface area contributed by atoms with Crippen LogP contribution in [0, 0.1) is 0 Å². The number of benzene rings is 1. The van der Waals surface area contributed by atoms with Gasteiger partial charge in [0.2, 0.25) is 5.91 Å². The van der Waals surface area contributed by atoms with Crippen LogP contribution in [-0.2, 0) is 10.2 Å². The van der Waals surface area contributed by atoms with Gasteiger partial charge in [0.05, 0.1) is 18.7 Å². The van der Waals surface area contributed by atoms with E-state index in [1.807, 2.05) is 13.1 Å². The van der Waals surface area contributed by atoms with E-state index >= 15 is 0 Å². The zero-order valence-corrected chi connectivity index (χ0v) is 10.9. The van der Waals surface area contributed by atoms with Crippen molar-refractivity contribution in [2.45, 2.75) is 32.6 Å². The molecule has 0 unspecified atom stereocenters. The molecular weight excluding hydrogens is 214 g/mol. The minimum absolute atomic E-state index is 0.0746. The van der Waals surface area contributed by atoms with Crippen molar-refractivity contribution in [1.82, 2.24) is 0 Å². The van der Waals surface area contributed by atoms with Crippen LogP contribution in [0.3, 0.4) is 0 Å². The van der Waals surface area contributed by atoms with Gasteiger partial charge < -0.3 is 9.64 Å². The molecule has 3 heteroatoms. The molecular formula is C14H19NO2. The van der Waals surface area contributed by atoms with Crippen molar-refractivity contribution in [3.05, 3.63) is 23.8 Å². The summed E-state index contributed by atoms with van der Waals surface area (Å²) in [6.07, 6.45) is 0.441. The van der Waals surface area contributed by atoms with E-state index < -0.39 is 0 Å². The van der Waals surface area contributed by atoms with Crippen molar-refractivity contribution in [2.24, 2.45) is 0 Å². The summed E-state index contributed by atoms with van der Waals surface area (Å²) in [5, 5.41) is 0. The quantitative estimate of drug-likeness (QED) is 0.689. The fraction of sp³-hybridized carbons (Fsp3) is 0.500. The summed E-state index contributed by atoms with van der Waals surface area (Å²) in [4.78, 5) is 13.5. The lowest BCUT2D eigenvalue weighted by atomic mass is 9.86. The Hall–Kier alpha value is -1.51. The number of ether oxygens (including phenoxy) is 1. The van der Waals surface area contributed by atoms with Crippen LogP contribution in [0.5, 0.6) is 5.75 Å². The molecule has 0 aliphatic carbocycles. The van der Waals surface area contributed by atoms with E-state index in [1.54, 1.807) is 4.90 Å². The molecule has 2 rings (SSSR count). The average molecular weight is 233 g/mol. The third kappa shape index (κ3) is 2.28. The van der Waals surface area contributed by atoms with Crippen molar-refractivity contribution >= 4 is 11.6 Å². The predicted molar refractivity (Wildman–Crippen MR) is 68.7 cm³/mol. The number of hydrogen-bond donors (Lipinski definition) is 0. The van der Waals surface area contributed by atoms with Gasteiger partial charge in [0.15, 0.2) is 0 Å². The third-order valence-electron chi connectivity index (χ3n) is 3.13. The molecule has 0 bridgehead atoms. The molecule has 0 radical (unpaired) electrons. The van der Waals surface area contributed by atoms with Crippen LogP contribution in [0.15, 0.2) is 18.2 Å². The van der Waals surface area contributed by atoms with Crippen LogP contribution < -0.4 is 9.64 Å². The van der Waals surface area contributed by atoms with Crippen molar-refractivity contribution < 1.29 is 9.53 Å². The zero-order valence-electron chi connectivity index (χ0n) is 10.9. The Labute approximate surface area is 102 Å². The fourth-order valence-electron chi connectivity index (χ4n) is 1.92. The molecule has 0 atom stereocenters. The summed E-state index contributed by atoms with van der Waals surface area (Å²) in [6.45, 7) is 6.95. The largest absolute Gasteiger partial charge is 0.491 e. The van der Waals surface area contributed by atoms with Crippen molar-refractivity contribution in [3.63, 3.8) is 0 Å². The van der Waals surface area contributed by atoms with E-state index in [-0.39, 0.29) is 11.3 Å². The molecule has 0 saturated carbocycles. The van der Waals surface area contributed by atoms with Gasteiger partial charge in [-0.1, -0.05) is 26.8 Å². The number of nitrogens with zero attached hydrogens (tertiary/aromatic N) is 1. The molecule has 0 fully saturated rings. The number of carbonyl (C=O) groups is 1. The number of rotatable bonds is 0. The SMILES string of the molecule is CN1C(=O)CCOc2ccc(C(C)(C)C)cc21. The summed E-state index contributed by atoms with van der Waals surface area (Å²) in [5.74, 6) is 0.904. The molecule has 0 aromatic heterocycles. The van der Waals surface area contributed by atoms with Crippen molar-refractivity contribution in [3.8, 4) is 5.75 Å². The van der Waals surface area contributed by atoms with Gasteiger partial charge in [0, 0.05) is 7.05 Å². The number of anilines is 1. The second kappa shape index (κ2) is 4.06. The highest BCUT2D eigenvalue weighted by molar-refractivity contribution is 5.95. The summed E-state index contributed by atoms with van der Waals surface area (Å²) >= 11 is 0. The Bertz CT molecular complexity index is 446. The first-order valence-corrected chi connectivity index (χ1v) is 5.93. The maximum atomic E-state index is 11.8. The molecule has 17 heavy (non-hydrogen) atoms. The van der Waals surface area contributed by atoms with E-state index in [0.29, 0.717) is 13.0 Å². The summed E-state index contributed by atoms with van der Waals surface area (Å²) in [7, 11) is 1.81. The molecule has 1 heterocycles. The highest BCUT2D eigenvalue weighted by Gasteiger charge is 2.22. The first kappa shape index (κ1) is 12.0. The van der Waals surface area contributed by atoms with Gasteiger partial charge >= 0.3 is 0 Å². The highest BCUT2D eigenvalue weighted by Crippen LogP contribution is 2.35. The Kier molecular flexibility index (Phi) is 2.86. The van der Waals surface area contributed by atoms with Gasteiger partial charge in [-0.25, -0.2) is 0 Å². The van der Waals surface area contributed by atoms with Gasteiger partial charge in [-0.3, -0.25) is 4.79 Å². The topological polar surface area (TPSA) is 29.5 Å². The van der Waals surface area contributed by atoms with E-state index in [0.717, 1.165) is 11.4 Å². The lowest BCUT2D eigenvalue weighted by molar-refractivity contribution is -0.118. The molecule has 1 aromatic carbocycles. The van der Waals surface area contributed by atoms with E-state index in [2.05, 4.69) is 32.9 Å². The summed E-state index contributed by atoms with van der Waals surface area (Å²) < 4.78 is 5.59. The first-order valence-electron chi connectivity index (χ1n) is 5.93. The minimum atomic E-state index is 0.0746. The molecule has 0 N–H and O–H groups in total. The zero-order chi connectivity index (χ0) is 12.6. The predicted octanol–water partition coefficient (Wildman–Crippen LogP) is 2.73. The number of fused-ring (bicyclic) bond motifs is 1.